The molecule has 0 aromatic carbocycles. The maximum Gasteiger partial charge on any atom is 0.155 e. The number of carbonyl (C=O) groups is 1. The molecule has 1 heteroatoms. The number of carbonyl (C=O) groups excluding carboxylic acids is 1. The van der Waals surface area contributed by atoms with Crippen molar-refractivity contribution in [3.05, 3.63) is 12.2 Å². The summed E-state index contributed by atoms with van der Waals surface area (Å²) in [5.74, 6) is 0.290. The van der Waals surface area contributed by atoms with Crippen molar-refractivity contribution in [2.45, 2.75) is 58.8 Å². The highest BCUT2D eigenvalue weighted by atomic mass is 16.1. The highest BCUT2D eigenvalue weighted by Gasteiger charge is 1.95. The second-order valence-corrected chi connectivity index (χ2v) is 3.44. The Morgan fingerprint density at radius 1 is 1.08 bits per heavy atom. The van der Waals surface area contributed by atoms with Crippen LogP contribution in [0.1, 0.15) is 58.8 Å². The number of unbranched alkanes of at least 4 members (excludes halogenated alkanes) is 4. The lowest BCUT2D eigenvalue weighted by molar-refractivity contribution is -0.114. The summed E-state index contributed by atoms with van der Waals surface area (Å²) in [6.45, 7) is 4.25. The van der Waals surface area contributed by atoms with Crippen LogP contribution in [0, 0.1) is 0 Å². The maximum absolute atomic E-state index is 11.1. The highest BCUT2D eigenvalue weighted by molar-refractivity contribution is 5.89. The van der Waals surface area contributed by atoms with Gasteiger partial charge >= 0.3 is 0 Å². The van der Waals surface area contributed by atoms with Gasteiger partial charge in [0.1, 0.15) is 0 Å². The fourth-order valence-corrected chi connectivity index (χ4v) is 1.24. The van der Waals surface area contributed by atoms with Crippen molar-refractivity contribution < 1.29 is 4.79 Å². The summed E-state index contributed by atoms with van der Waals surface area (Å²) >= 11 is 0. The molecule has 0 N–H and O–H groups in total. The average Bonchev–Trinajstić information content (AvgIpc) is 2.14. The Bertz CT molecular complexity index is 147. The summed E-state index contributed by atoms with van der Waals surface area (Å²) in [6, 6.07) is 0. The van der Waals surface area contributed by atoms with Crippen LogP contribution >= 0.6 is 0 Å². The van der Waals surface area contributed by atoms with Gasteiger partial charge in [-0.05, 0) is 18.9 Å². The quantitative estimate of drug-likeness (QED) is 0.411. The highest BCUT2D eigenvalue weighted by Crippen LogP contribution is 2.05. The van der Waals surface area contributed by atoms with Crippen molar-refractivity contribution >= 4 is 5.78 Å². The van der Waals surface area contributed by atoms with Gasteiger partial charge in [0.25, 0.3) is 0 Å². The summed E-state index contributed by atoms with van der Waals surface area (Å²) in [5, 5.41) is 0. The Kier molecular flexibility index (Phi) is 9.07. The van der Waals surface area contributed by atoms with E-state index in [1.54, 1.807) is 6.08 Å². The Labute approximate surface area is 82.2 Å². The minimum atomic E-state index is 0.290. The Hall–Kier alpha value is -0.590. The second-order valence-electron chi connectivity index (χ2n) is 3.44. The van der Waals surface area contributed by atoms with Crippen LogP contribution in [0.3, 0.4) is 0 Å². The molecular weight excluding hydrogens is 160 g/mol. The predicted octanol–water partition coefficient (Wildman–Crippen LogP) is 3.88. The number of allylic oxidation sites excluding steroid dienone is 2. The van der Waals surface area contributed by atoms with Crippen molar-refractivity contribution in [1.82, 2.24) is 0 Å². The van der Waals surface area contributed by atoms with Gasteiger partial charge in [0.05, 0.1) is 0 Å². The van der Waals surface area contributed by atoms with Crippen LogP contribution in [-0.2, 0) is 4.79 Å². The molecule has 0 unspecified atom stereocenters. The fourth-order valence-electron chi connectivity index (χ4n) is 1.24. The Morgan fingerprint density at radius 3 is 2.38 bits per heavy atom. The van der Waals surface area contributed by atoms with Crippen LogP contribution in [0.25, 0.3) is 0 Å². The first-order valence-corrected chi connectivity index (χ1v) is 5.50. The molecule has 0 saturated heterocycles. The van der Waals surface area contributed by atoms with Crippen molar-refractivity contribution in [3.8, 4) is 0 Å². The molecule has 0 rings (SSSR count). The number of hydrogen-bond acceptors (Lipinski definition) is 1. The monoisotopic (exact) mass is 182 g/mol. The zero-order valence-electron chi connectivity index (χ0n) is 9.01. The molecule has 0 aliphatic heterocycles. The lowest BCUT2D eigenvalue weighted by atomic mass is 10.1. The molecule has 0 aromatic heterocycles. The first-order valence-electron chi connectivity index (χ1n) is 5.50. The molecule has 1 nitrogen and oxygen atoms in total. The molecule has 76 valence electrons. The summed E-state index contributed by atoms with van der Waals surface area (Å²) in [6.07, 6.45) is 11.5. The average molecular weight is 182 g/mol. The molecule has 0 bridgehead atoms. The molecule has 0 aliphatic rings. The van der Waals surface area contributed by atoms with Crippen LogP contribution in [0.4, 0.5) is 0 Å². The van der Waals surface area contributed by atoms with E-state index in [1.807, 2.05) is 13.0 Å². The maximum atomic E-state index is 11.1. The van der Waals surface area contributed by atoms with Gasteiger partial charge in [-0.2, -0.15) is 0 Å². The van der Waals surface area contributed by atoms with E-state index in [2.05, 4.69) is 6.92 Å². The standard InChI is InChI=1S/C12H22O/c1-3-5-7-8-9-11-12(13)10-6-4-2/h6,10H,3-5,7-9,11H2,1-2H3. The smallest absolute Gasteiger partial charge is 0.155 e. The molecule has 0 aliphatic carbocycles. The van der Waals surface area contributed by atoms with E-state index < -0.39 is 0 Å². The number of rotatable bonds is 8. The van der Waals surface area contributed by atoms with Gasteiger partial charge in [0.2, 0.25) is 0 Å². The van der Waals surface area contributed by atoms with E-state index in [4.69, 9.17) is 0 Å². The third kappa shape index (κ3) is 9.32. The van der Waals surface area contributed by atoms with Gasteiger partial charge in [-0.25, -0.2) is 0 Å². The molecule has 0 heterocycles. The lowest BCUT2D eigenvalue weighted by Gasteiger charge is -1.96. The van der Waals surface area contributed by atoms with Crippen LogP contribution in [0.5, 0.6) is 0 Å². The van der Waals surface area contributed by atoms with Crippen molar-refractivity contribution in [2.24, 2.45) is 0 Å². The largest absolute Gasteiger partial charge is 0.295 e. The molecule has 0 spiro atoms. The zero-order chi connectivity index (χ0) is 9.94. The summed E-state index contributed by atoms with van der Waals surface area (Å²) < 4.78 is 0. The van der Waals surface area contributed by atoms with Crippen molar-refractivity contribution in [1.29, 1.82) is 0 Å². The zero-order valence-corrected chi connectivity index (χ0v) is 9.01. The van der Waals surface area contributed by atoms with Gasteiger partial charge in [-0.15, -0.1) is 0 Å². The molecule has 13 heavy (non-hydrogen) atoms. The number of ketones is 1. The van der Waals surface area contributed by atoms with Crippen molar-refractivity contribution in [2.75, 3.05) is 0 Å². The molecule has 0 saturated carbocycles. The van der Waals surface area contributed by atoms with E-state index in [1.165, 1.54) is 25.7 Å². The normalized spacial score (nSPS) is 10.9. The second kappa shape index (κ2) is 9.50. The van der Waals surface area contributed by atoms with E-state index in [0.717, 1.165) is 19.3 Å². The fraction of sp³-hybridized carbons (Fsp3) is 0.750. The van der Waals surface area contributed by atoms with Gasteiger partial charge in [-0.1, -0.05) is 45.6 Å². The first-order chi connectivity index (χ1) is 6.31. The molecule has 0 amide bonds. The van der Waals surface area contributed by atoms with E-state index in [-0.39, 0.29) is 0 Å². The van der Waals surface area contributed by atoms with Gasteiger partial charge in [-0.3, -0.25) is 4.79 Å². The number of hydrogen-bond donors (Lipinski definition) is 0. The lowest BCUT2D eigenvalue weighted by Crippen LogP contribution is -1.91. The van der Waals surface area contributed by atoms with E-state index >= 15 is 0 Å². The third-order valence-corrected chi connectivity index (χ3v) is 2.07. The van der Waals surface area contributed by atoms with Crippen LogP contribution < -0.4 is 0 Å². The predicted molar refractivity (Wildman–Crippen MR) is 57.8 cm³/mol. The summed E-state index contributed by atoms with van der Waals surface area (Å²) in [7, 11) is 0. The minimum Gasteiger partial charge on any atom is -0.295 e. The van der Waals surface area contributed by atoms with Crippen LogP contribution in [0.2, 0.25) is 0 Å². The molecule has 0 atom stereocenters. The third-order valence-electron chi connectivity index (χ3n) is 2.07. The first kappa shape index (κ1) is 12.4. The molecule has 0 fully saturated rings. The molecular formula is C12H22O. The van der Waals surface area contributed by atoms with Gasteiger partial charge < -0.3 is 0 Å². The summed E-state index contributed by atoms with van der Waals surface area (Å²) in [5.41, 5.74) is 0. The summed E-state index contributed by atoms with van der Waals surface area (Å²) in [4.78, 5) is 11.1. The SMILES string of the molecule is CCC=CC(=O)CCCCCCC. The Balaban J connectivity index is 3.22. The van der Waals surface area contributed by atoms with Crippen LogP contribution in [-0.4, -0.2) is 5.78 Å². The van der Waals surface area contributed by atoms with E-state index in [0.29, 0.717) is 5.78 Å². The van der Waals surface area contributed by atoms with Gasteiger partial charge in [0, 0.05) is 6.42 Å². The molecule has 0 radical (unpaired) electrons. The van der Waals surface area contributed by atoms with Crippen molar-refractivity contribution in [3.63, 3.8) is 0 Å². The topological polar surface area (TPSA) is 17.1 Å². The minimum absolute atomic E-state index is 0.290. The van der Waals surface area contributed by atoms with E-state index in [9.17, 15) is 4.79 Å². The Morgan fingerprint density at radius 2 is 1.77 bits per heavy atom. The molecule has 0 aromatic rings. The van der Waals surface area contributed by atoms with Gasteiger partial charge in [0.15, 0.2) is 5.78 Å². The van der Waals surface area contributed by atoms with Crippen LogP contribution in [0.15, 0.2) is 12.2 Å².